The van der Waals surface area contributed by atoms with Gasteiger partial charge in [0.25, 0.3) is 0 Å². The van der Waals surface area contributed by atoms with E-state index in [0.29, 0.717) is 12.0 Å². The van der Waals surface area contributed by atoms with E-state index in [0.717, 1.165) is 33.4 Å². The van der Waals surface area contributed by atoms with Crippen LogP contribution in [0.1, 0.15) is 36.3 Å². The van der Waals surface area contributed by atoms with E-state index in [1.54, 1.807) is 0 Å². The lowest BCUT2D eigenvalue weighted by atomic mass is 9.69. The van der Waals surface area contributed by atoms with E-state index in [9.17, 15) is 9.59 Å². The Bertz CT molecular complexity index is 793. The zero-order valence-corrected chi connectivity index (χ0v) is 14.9. The van der Waals surface area contributed by atoms with Gasteiger partial charge in [-0.3, -0.25) is 9.79 Å². The summed E-state index contributed by atoms with van der Waals surface area (Å²) in [5.41, 5.74) is 4.44. The Morgan fingerprint density at radius 3 is 2.83 bits per heavy atom. The summed E-state index contributed by atoms with van der Waals surface area (Å²) < 4.78 is 6.35. The van der Waals surface area contributed by atoms with Crippen LogP contribution in [-0.2, 0) is 14.3 Å². The topological polar surface area (TPSA) is 55.7 Å². The fourth-order valence-corrected chi connectivity index (χ4v) is 4.29. The third-order valence-corrected chi connectivity index (χ3v) is 6.07. The molecular formula is C18H16INO3. The smallest absolute Gasteiger partial charge is 0.337 e. The summed E-state index contributed by atoms with van der Waals surface area (Å²) in [4.78, 5) is 29.5. The van der Waals surface area contributed by atoms with Crippen LogP contribution >= 0.6 is 22.6 Å². The molecule has 2 aliphatic heterocycles. The lowest BCUT2D eigenvalue weighted by Gasteiger charge is -2.34. The number of aryl methyl sites for hydroxylation is 1. The van der Waals surface area contributed by atoms with Crippen molar-refractivity contribution in [1.82, 2.24) is 0 Å². The number of Topliss-reactive ketones (excluding diaryl/α,β-unsaturated/α-hetero) is 1. The molecule has 0 N–H and O–H groups in total. The average molecular weight is 421 g/mol. The summed E-state index contributed by atoms with van der Waals surface area (Å²) in [5.74, 6) is -0.662. The number of carbonyl (C=O) groups is 2. The second kappa shape index (κ2) is 5.54. The van der Waals surface area contributed by atoms with Crippen LogP contribution in [0.25, 0.3) is 0 Å². The Balaban J connectivity index is 1.89. The number of fused-ring (bicyclic) bond motifs is 1. The van der Waals surface area contributed by atoms with E-state index >= 15 is 0 Å². The number of hydrogen-bond acceptors (Lipinski definition) is 4. The van der Waals surface area contributed by atoms with Crippen molar-refractivity contribution in [3.8, 4) is 0 Å². The Kier molecular flexibility index (Phi) is 3.63. The van der Waals surface area contributed by atoms with Gasteiger partial charge in [0.15, 0.2) is 0 Å². The van der Waals surface area contributed by atoms with Crippen molar-refractivity contribution >= 4 is 40.1 Å². The minimum Gasteiger partial charge on any atom is -0.456 e. The average Bonchev–Trinajstić information content (AvgIpc) is 2.90. The zero-order chi connectivity index (χ0) is 16.1. The van der Waals surface area contributed by atoms with Gasteiger partial charge < -0.3 is 4.74 Å². The Morgan fingerprint density at radius 1 is 1.22 bits per heavy atom. The SMILES string of the molecule is Cc1ccc(C2C3=C(COC3=O)N=C3CCCC(=O)C32)cc1I. The van der Waals surface area contributed by atoms with Crippen LogP contribution in [0.3, 0.4) is 0 Å². The van der Waals surface area contributed by atoms with Gasteiger partial charge in [-0.2, -0.15) is 0 Å². The molecule has 0 aromatic heterocycles. The van der Waals surface area contributed by atoms with Crippen molar-refractivity contribution in [2.75, 3.05) is 6.61 Å². The first-order valence-electron chi connectivity index (χ1n) is 7.82. The van der Waals surface area contributed by atoms with E-state index < -0.39 is 0 Å². The van der Waals surface area contributed by atoms with Crippen LogP contribution in [0.2, 0.25) is 0 Å². The van der Waals surface area contributed by atoms with Crippen molar-refractivity contribution in [3.63, 3.8) is 0 Å². The monoisotopic (exact) mass is 421 g/mol. The Morgan fingerprint density at radius 2 is 2.04 bits per heavy atom. The highest BCUT2D eigenvalue weighted by Crippen LogP contribution is 2.45. The summed E-state index contributed by atoms with van der Waals surface area (Å²) >= 11 is 2.30. The van der Waals surface area contributed by atoms with E-state index in [4.69, 9.17) is 4.74 Å². The molecule has 1 aliphatic carbocycles. The van der Waals surface area contributed by atoms with Gasteiger partial charge >= 0.3 is 5.97 Å². The molecule has 4 rings (SSSR count). The van der Waals surface area contributed by atoms with Crippen molar-refractivity contribution < 1.29 is 14.3 Å². The molecule has 1 saturated carbocycles. The number of benzene rings is 1. The van der Waals surface area contributed by atoms with Gasteiger partial charge in [-0.25, -0.2) is 4.79 Å². The molecule has 1 aromatic rings. The van der Waals surface area contributed by atoms with Crippen LogP contribution in [-0.4, -0.2) is 24.1 Å². The number of hydrogen-bond donors (Lipinski definition) is 0. The maximum Gasteiger partial charge on any atom is 0.337 e. The standard InChI is InChI=1S/C18H16INO3/c1-9-5-6-10(7-11(9)19)15-16-12(3-2-4-14(16)21)20-13-8-23-18(22)17(13)15/h5-7,15-16H,2-4,8H2,1H3. The van der Waals surface area contributed by atoms with Crippen molar-refractivity contribution in [2.24, 2.45) is 10.9 Å². The first-order chi connectivity index (χ1) is 11.1. The molecule has 2 heterocycles. The summed E-state index contributed by atoms with van der Waals surface area (Å²) in [5, 5.41) is 0. The summed E-state index contributed by atoms with van der Waals surface area (Å²) in [6.45, 7) is 2.29. The van der Waals surface area contributed by atoms with Crippen LogP contribution in [0.5, 0.6) is 0 Å². The van der Waals surface area contributed by atoms with Crippen LogP contribution < -0.4 is 0 Å². The number of ether oxygens (including phenoxy) is 1. The molecule has 0 amide bonds. The largest absolute Gasteiger partial charge is 0.456 e. The Labute approximate surface area is 148 Å². The lowest BCUT2D eigenvalue weighted by Crippen LogP contribution is -2.38. The number of carbonyl (C=O) groups excluding carboxylic acids is 2. The van der Waals surface area contributed by atoms with E-state index in [2.05, 4.69) is 46.6 Å². The third kappa shape index (κ3) is 2.36. The quantitative estimate of drug-likeness (QED) is 0.517. The zero-order valence-electron chi connectivity index (χ0n) is 12.8. The predicted octanol–water partition coefficient (Wildman–Crippen LogP) is 3.32. The molecule has 2 atom stereocenters. The second-order valence-electron chi connectivity index (χ2n) is 6.32. The number of ketones is 1. The predicted molar refractivity (Wildman–Crippen MR) is 94.4 cm³/mol. The van der Waals surface area contributed by atoms with E-state index in [1.165, 1.54) is 5.56 Å². The maximum atomic E-state index is 12.6. The van der Waals surface area contributed by atoms with Crippen LogP contribution in [0.4, 0.5) is 0 Å². The molecular weight excluding hydrogens is 405 g/mol. The lowest BCUT2D eigenvalue weighted by molar-refractivity contribution is -0.136. The number of rotatable bonds is 1. The van der Waals surface area contributed by atoms with Gasteiger partial charge in [-0.1, -0.05) is 12.1 Å². The maximum absolute atomic E-state index is 12.6. The molecule has 4 nitrogen and oxygen atoms in total. The number of cyclic esters (lactones) is 1. The first-order valence-corrected chi connectivity index (χ1v) is 8.90. The van der Waals surface area contributed by atoms with Crippen molar-refractivity contribution in [1.29, 1.82) is 0 Å². The first kappa shape index (κ1) is 15.1. The minimum atomic E-state index is -0.318. The number of aliphatic imine (C=N–C) groups is 1. The number of nitrogens with zero attached hydrogens (tertiary/aromatic N) is 1. The third-order valence-electron chi connectivity index (χ3n) is 4.91. The second-order valence-corrected chi connectivity index (χ2v) is 7.49. The normalized spacial score (nSPS) is 26.6. The molecule has 0 spiro atoms. The van der Waals surface area contributed by atoms with Gasteiger partial charge in [-0.15, -0.1) is 0 Å². The fraction of sp³-hybridized carbons (Fsp3) is 0.389. The molecule has 2 unspecified atom stereocenters. The molecule has 3 aliphatic rings. The van der Waals surface area contributed by atoms with Crippen molar-refractivity contribution in [3.05, 3.63) is 44.2 Å². The molecule has 0 radical (unpaired) electrons. The fourth-order valence-electron chi connectivity index (χ4n) is 3.75. The molecule has 118 valence electrons. The van der Waals surface area contributed by atoms with Gasteiger partial charge in [0.05, 0.1) is 17.2 Å². The summed E-state index contributed by atoms with van der Waals surface area (Å²) in [6, 6.07) is 6.17. The molecule has 0 bridgehead atoms. The Hall–Kier alpha value is -1.50. The van der Waals surface area contributed by atoms with E-state index in [-0.39, 0.29) is 30.2 Å². The molecule has 1 aromatic carbocycles. The van der Waals surface area contributed by atoms with Gasteiger partial charge in [0.2, 0.25) is 0 Å². The number of halogens is 1. The van der Waals surface area contributed by atoms with Crippen LogP contribution in [0, 0.1) is 16.4 Å². The highest BCUT2D eigenvalue weighted by molar-refractivity contribution is 14.1. The molecule has 5 heteroatoms. The van der Waals surface area contributed by atoms with Gasteiger partial charge in [0, 0.05) is 21.6 Å². The molecule has 0 saturated heterocycles. The highest BCUT2D eigenvalue weighted by Gasteiger charge is 2.46. The van der Waals surface area contributed by atoms with Crippen LogP contribution in [0.15, 0.2) is 34.5 Å². The summed E-state index contributed by atoms with van der Waals surface area (Å²) in [7, 11) is 0. The van der Waals surface area contributed by atoms with Gasteiger partial charge in [0.1, 0.15) is 12.4 Å². The minimum absolute atomic E-state index is 0.196. The number of esters is 1. The van der Waals surface area contributed by atoms with Crippen molar-refractivity contribution in [2.45, 2.75) is 32.1 Å². The summed E-state index contributed by atoms with van der Waals surface area (Å²) in [6.07, 6.45) is 2.26. The van der Waals surface area contributed by atoms with E-state index in [1.807, 2.05) is 6.07 Å². The molecule has 1 fully saturated rings. The van der Waals surface area contributed by atoms with Gasteiger partial charge in [-0.05, 0) is 59.5 Å². The molecule has 23 heavy (non-hydrogen) atoms. The highest BCUT2D eigenvalue weighted by atomic mass is 127.